The van der Waals surface area contributed by atoms with Gasteiger partial charge >= 0.3 is 0 Å². The summed E-state index contributed by atoms with van der Waals surface area (Å²) >= 11 is 0. The first kappa shape index (κ1) is 12.5. The van der Waals surface area contributed by atoms with E-state index in [1.807, 2.05) is 54.6 Å². The van der Waals surface area contributed by atoms with Crippen LogP contribution in [0, 0.1) is 0 Å². The quantitative estimate of drug-likeness (QED) is 0.848. The highest BCUT2D eigenvalue weighted by atomic mass is 16.5. The summed E-state index contributed by atoms with van der Waals surface area (Å²) in [5.74, 6) is 0.778. The number of para-hydroxylation sites is 2. The minimum atomic E-state index is -0.177. The first-order valence-electron chi connectivity index (χ1n) is 5.90. The molecule has 0 spiro atoms. The van der Waals surface area contributed by atoms with Crippen LogP contribution in [0.5, 0.6) is 5.75 Å². The van der Waals surface area contributed by atoms with Crippen LogP contribution >= 0.6 is 0 Å². The van der Waals surface area contributed by atoms with Crippen molar-refractivity contribution in [3.05, 3.63) is 60.2 Å². The summed E-state index contributed by atoms with van der Waals surface area (Å²) in [6.45, 7) is 0.00919. The Bertz CT molecular complexity index is 485. The van der Waals surface area contributed by atoms with Crippen molar-refractivity contribution in [2.75, 3.05) is 19.0 Å². The molecule has 18 heavy (non-hydrogen) atoms. The summed E-state index contributed by atoms with van der Waals surface area (Å²) in [5.41, 5.74) is 1.92. The third-order valence-corrected chi connectivity index (χ3v) is 2.81. The van der Waals surface area contributed by atoms with E-state index in [0.29, 0.717) is 0 Å². The number of rotatable bonds is 5. The summed E-state index contributed by atoms with van der Waals surface area (Å²) in [6, 6.07) is 17.3. The normalized spacial score (nSPS) is 11.9. The fraction of sp³-hybridized carbons (Fsp3) is 0.200. The molecule has 1 unspecified atom stereocenters. The topological polar surface area (TPSA) is 41.5 Å². The van der Waals surface area contributed by atoms with E-state index in [2.05, 4.69) is 5.32 Å². The van der Waals surface area contributed by atoms with Gasteiger partial charge in [0, 0.05) is 11.3 Å². The van der Waals surface area contributed by atoms with Crippen LogP contribution < -0.4 is 10.1 Å². The third kappa shape index (κ3) is 2.81. The molecule has 0 heterocycles. The molecule has 3 nitrogen and oxygen atoms in total. The molecule has 0 radical (unpaired) electrons. The Balaban J connectivity index is 2.23. The van der Waals surface area contributed by atoms with E-state index in [9.17, 15) is 5.11 Å². The number of benzene rings is 2. The zero-order valence-electron chi connectivity index (χ0n) is 10.3. The highest BCUT2D eigenvalue weighted by Gasteiger charge is 2.14. The standard InChI is InChI=1S/C15H17NO2/c1-18-15-10-6-5-9-13(15)14(11-17)16-12-7-3-2-4-8-12/h2-10,14,16-17H,11H2,1H3. The number of hydrogen-bond acceptors (Lipinski definition) is 3. The van der Waals surface area contributed by atoms with Crippen LogP contribution in [-0.2, 0) is 0 Å². The van der Waals surface area contributed by atoms with E-state index in [-0.39, 0.29) is 12.6 Å². The van der Waals surface area contributed by atoms with Crippen LogP contribution in [0.1, 0.15) is 11.6 Å². The maximum absolute atomic E-state index is 9.54. The molecule has 2 aromatic rings. The molecule has 0 fully saturated rings. The average Bonchev–Trinajstić information content (AvgIpc) is 2.46. The van der Waals surface area contributed by atoms with E-state index in [1.54, 1.807) is 7.11 Å². The van der Waals surface area contributed by atoms with Gasteiger partial charge in [0.15, 0.2) is 0 Å². The molecule has 0 saturated heterocycles. The molecule has 0 saturated carbocycles. The fourth-order valence-electron chi connectivity index (χ4n) is 1.91. The molecule has 0 amide bonds. The Morgan fingerprint density at radius 1 is 1.06 bits per heavy atom. The Kier molecular flexibility index (Phi) is 4.20. The summed E-state index contributed by atoms with van der Waals surface area (Å²) in [6.07, 6.45) is 0. The third-order valence-electron chi connectivity index (χ3n) is 2.81. The molecular formula is C15H17NO2. The predicted molar refractivity (Wildman–Crippen MR) is 72.9 cm³/mol. The highest BCUT2D eigenvalue weighted by molar-refractivity contribution is 5.47. The zero-order valence-corrected chi connectivity index (χ0v) is 10.3. The van der Waals surface area contributed by atoms with Crippen molar-refractivity contribution in [2.45, 2.75) is 6.04 Å². The van der Waals surface area contributed by atoms with Crippen LogP contribution in [0.4, 0.5) is 5.69 Å². The molecule has 3 heteroatoms. The van der Waals surface area contributed by atoms with Gasteiger partial charge in [-0.3, -0.25) is 0 Å². The number of ether oxygens (including phenoxy) is 1. The first-order valence-corrected chi connectivity index (χ1v) is 5.90. The monoisotopic (exact) mass is 243 g/mol. The van der Waals surface area contributed by atoms with E-state index in [4.69, 9.17) is 4.74 Å². The van der Waals surface area contributed by atoms with Gasteiger partial charge in [0.05, 0.1) is 19.8 Å². The van der Waals surface area contributed by atoms with Gasteiger partial charge in [-0.05, 0) is 18.2 Å². The van der Waals surface area contributed by atoms with Crippen molar-refractivity contribution in [3.63, 3.8) is 0 Å². The Morgan fingerprint density at radius 2 is 1.72 bits per heavy atom. The Morgan fingerprint density at radius 3 is 2.39 bits per heavy atom. The maximum atomic E-state index is 9.54. The number of hydrogen-bond donors (Lipinski definition) is 2. The Hall–Kier alpha value is -2.00. The average molecular weight is 243 g/mol. The second-order valence-electron chi connectivity index (χ2n) is 3.99. The summed E-state index contributed by atoms with van der Waals surface area (Å²) in [4.78, 5) is 0. The molecule has 0 aromatic heterocycles. The van der Waals surface area contributed by atoms with Crippen LogP contribution in [0.25, 0.3) is 0 Å². The molecule has 0 aliphatic heterocycles. The van der Waals surface area contributed by atoms with Gasteiger partial charge in [0.2, 0.25) is 0 Å². The van der Waals surface area contributed by atoms with Crippen molar-refractivity contribution in [2.24, 2.45) is 0 Å². The number of aliphatic hydroxyl groups excluding tert-OH is 1. The number of nitrogens with one attached hydrogen (secondary N) is 1. The van der Waals surface area contributed by atoms with Crippen LogP contribution in [0.3, 0.4) is 0 Å². The molecule has 2 aromatic carbocycles. The van der Waals surface area contributed by atoms with E-state index < -0.39 is 0 Å². The lowest BCUT2D eigenvalue weighted by molar-refractivity contribution is 0.273. The smallest absolute Gasteiger partial charge is 0.124 e. The van der Waals surface area contributed by atoms with Gasteiger partial charge < -0.3 is 15.2 Å². The lowest BCUT2D eigenvalue weighted by atomic mass is 10.1. The second-order valence-corrected chi connectivity index (χ2v) is 3.99. The molecule has 1 atom stereocenters. The number of aliphatic hydroxyl groups is 1. The van der Waals surface area contributed by atoms with Gasteiger partial charge in [0.1, 0.15) is 5.75 Å². The first-order chi connectivity index (χ1) is 8.85. The van der Waals surface area contributed by atoms with E-state index >= 15 is 0 Å². The molecule has 94 valence electrons. The zero-order chi connectivity index (χ0) is 12.8. The van der Waals surface area contributed by atoms with Gasteiger partial charge in [-0.15, -0.1) is 0 Å². The molecule has 2 rings (SSSR count). The van der Waals surface area contributed by atoms with Gasteiger partial charge in [-0.1, -0.05) is 36.4 Å². The lowest BCUT2D eigenvalue weighted by Gasteiger charge is -2.20. The summed E-state index contributed by atoms with van der Waals surface area (Å²) in [5, 5.41) is 12.8. The maximum Gasteiger partial charge on any atom is 0.124 e. The molecule has 0 aliphatic carbocycles. The van der Waals surface area contributed by atoms with Crippen molar-refractivity contribution in [3.8, 4) is 5.75 Å². The largest absolute Gasteiger partial charge is 0.496 e. The minimum absolute atomic E-state index is 0.00919. The minimum Gasteiger partial charge on any atom is -0.496 e. The molecule has 2 N–H and O–H groups in total. The van der Waals surface area contributed by atoms with Gasteiger partial charge in [-0.2, -0.15) is 0 Å². The summed E-state index contributed by atoms with van der Waals surface area (Å²) < 4.78 is 5.31. The second kappa shape index (κ2) is 6.07. The lowest BCUT2D eigenvalue weighted by Crippen LogP contribution is -2.15. The number of anilines is 1. The van der Waals surface area contributed by atoms with Crippen LogP contribution in [0.2, 0.25) is 0 Å². The van der Waals surface area contributed by atoms with E-state index in [1.165, 1.54) is 0 Å². The van der Waals surface area contributed by atoms with Crippen molar-refractivity contribution < 1.29 is 9.84 Å². The van der Waals surface area contributed by atoms with E-state index in [0.717, 1.165) is 17.0 Å². The van der Waals surface area contributed by atoms with Crippen molar-refractivity contribution in [1.82, 2.24) is 0 Å². The molecule has 0 bridgehead atoms. The molecular weight excluding hydrogens is 226 g/mol. The van der Waals surface area contributed by atoms with Crippen LogP contribution in [0.15, 0.2) is 54.6 Å². The SMILES string of the molecule is COc1ccccc1C(CO)Nc1ccccc1. The number of methoxy groups -OCH3 is 1. The van der Waals surface area contributed by atoms with Crippen molar-refractivity contribution >= 4 is 5.69 Å². The predicted octanol–water partition coefficient (Wildman–Crippen LogP) is 2.84. The Labute approximate surface area is 107 Å². The van der Waals surface area contributed by atoms with Crippen LogP contribution in [-0.4, -0.2) is 18.8 Å². The van der Waals surface area contributed by atoms with Crippen molar-refractivity contribution in [1.29, 1.82) is 0 Å². The van der Waals surface area contributed by atoms with Gasteiger partial charge in [-0.25, -0.2) is 0 Å². The summed E-state index contributed by atoms with van der Waals surface area (Å²) in [7, 11) is 1.63. The molecule has 0 aliphatic rings. The highest BCUT2D eigenvalue weighted by Crippen LogP contribution is 2.27. The van der Waals surface area contributed by atoms with Gasteiger partial charge in [0.25, 0.3) is 0 Å². The fourth-order valence-corrected chi connectivity index (χ4v) is 1.91.